The fourth-order valence-corrected chi connectivity index (χ4v) is 7.56. The summed E-state index contributed by atoms with van der Waals surface area (Å²) >= 11 is 0. The first-order chi connectivity index (χ1) is 18.3. The van der Waals surface area contributed by atoms with Crippen LogP contribution in [0.5, 0.6) is 0 Å². The van der Waals surface area contributed by atoms with Crippen molar-refractivity contribution in [1.82, 2.24) is 20.9 Å². The molecule has 2 aliphatic heterocycles. The van der Waals surface area contributed by atoms with Crippen LogP contribution in [0, 0.1) is 45.8 Å². The van der Waals surface area contributed by atoms with Crippen LogP contribution < -0.4 is 16.0 Å². The van der Waals surface area contributed by atoms with Gasteiger partial charge >= 0.3 is 0 Å². The van der Waals surface area contributed by atoms with E-state index in [0.29, 0.717) is 25.9 Å². The summed E-state index contributed by atoms with van der Waals surface area (Å²) in [7, 11) is 0. The molecule has 0 aromatic carbocycles. The molecule has 0 aromatic rings. The maximum Gasteiger partial charge on any atom is 0.258 e. The molecule has 9 nitrogen and oxygen atoms in total. The lowest BCUT2D eigenvalue weighted by Gasteiger charge is -2.39. The monoisotopic (exact) mass is 541 g/mol. The summed E-state index contributed by atoms with van der Waals surface area (Å²) in [6.07, 6.45) is 6.95. The fraction of sp³-hybridized carbons (Fsp3) is 0.759. The minimum absolute atomic E-state index is 0.117. The molecule has 5 rings (SSSR count). The number of likely N-dealkylation sites (tertiary alicyclic amines) is 1. The van der Waals surface area contributed by atoms with Gasteiger partial charge in [0.1, 0.15) is 18.1 Å². The molecule has 39 heavy (non-hydrogen) atoms. The lowest BCUT2D eigenvalue weighted by atomic mass is 9.70. The normalized spacial score (nSPS) is 35.4. The minimum Gasteiger partial charge on any atom is -0.356 e. The Bertz CT molecular complexity index is 1140. The predicted octanol–water partition coefficient (Wildman–Crippen LogP) is 1.98. The maximum absolute atomic E-state index is 15.0. The molecule has 3 N–H and O–H groups in total. The Hall–Kier alpha value is -2.96. The van der Waals surface area contributed by atoms with Gasteiger partial charge in [0.05, 0.1) is 6.07 Å². The van der Waals surface area contributed by atoms with Gasteiger partial charge in [-0.2, -0.15) is 5.26 Å². The molecule has 212 valence electrons. The minimum atomic E-state index is -1.95. The van der Waals surface area contributed by atoms with Crippen molar-refractivity contribution in [1.29, 1.82) is 5.26 Å². The van der Waals surface area contributed by atoms with Crippen LogP contribution in [0.1, 0.15) is 66.2 Å². The molecule has 0 radical (unpaired) electrons. The van der Waals surface area contributed by atoms with E-state index >= 15 is 0 Å². The van der Waals surface area contributed by atoms with E-state index in [0.717, 1.165) is 6.42 Å². The van der Waals surface area contributed by atoms with Crippen LogP contribution in [0.3, 0.4) is 0 Å². The Morgan fingerprint density at radius 1 is 1.26 bits per heavy atom. The van der Waals surface area contributed by atoms with Gasteiger partial charge in [-0.3, -0.25) is 19.2 Å². The van der Waals surface area contributed by atoms with Gasteiger partial charge in [-0.1, -0.05) is 39.8 Å². The quantitative estimate of drug-likeness (QED) is 0.424. The van der Waals surface area contributed by atoms with Crippen molar-refractivity contribution in [3.05, 3.63) is 12.2 Å². The number of nitrogens with one attached hydrogen (secondary N) is 3. The summed E-state index contributed by atoms with van der Waals surface area (Å²) in [5.74, 6) is -1.83. The number of rotatable bonds is 7. The molecule has 3 aliphatic carbocycles. The average Bonchev–Trinajstić information content (AvgIpc) is 3.61. The number of alkyl halides is 1. The van der Waals surface area contributed by atoms with Crippen LogP contribution in [0.25, 0.3) is 0 Å². The van der Waals surface area contributed by atoms with Gasteiger partial charge in [0.15, 0.2) is 5.67 Å². The summed E-state index contributed by atoms with van der Waals surface area (Å²) in [6.45, 7) is 8.46. The van der Waals surface area contributed by atoms with Crippen LogP contribution in [0.15, 0.2) is 12.2 Å². The van der Waals surface area contributed by atoms with Gasteiger partial charge in [0, 0.05) is 24.9 Å². The third-order valence-electron chi connectivity index (χ3n) is 10.0. The molecule has 2 bridgehead atoms. The zero-order chi connectivity index (χ0) is 28.3. The summed E-state index contributed by atoms with van der Waals surface area (Å²) < 4.78 is 15.0. The fourth-order valence-electron chi connectivity index (χ4n) is 7.56. The van der Waals surface area contributed by atoms with E-state index in [4.69, 9.17) is 0 Å². The van der Waals surface area contributed by atoms with Gasteiger partial charge in [-0.05, 0) is 61.2 Å². The number of hydrogen-bond donors (Lipinski definition) is 3. The Morgan fingerprint density at radius 2 is 1.97 bits per heavy atom. The zero-order valence-corrected chi connectivity index (χ0v) is 23.3. The molecule has 2 saturated heterocycles. The highest BCUT2D eigenvalue weighted by atomic mass is 19.1. The van der Waals surface area contributed by atoms with Crippen molar-refractivity contribution in [2.24, 2.45) is 34.5 Å². The molecular weight excluding hydrogens is 501 g/mol. The lowest BCUT2D eigenvalue weighted by Crippen LogP contribution is -2.62. The number of nitrogens with zero attached hydrogens (tertiary/aromatic N) is 2. The van der Waals surface area contributed by atoms with Crippen molar-refractivity contribution < 1.29 is 23.6 Å². The molecule has 4 amide bonds. The molecule has 5 aliphatic rings. The first kappa shape index (κ1) is 27.6. The number of halogens is 1. The topological polar surface area (TPSA) is 131 Å². The van der Waals surface area contributed by atoms with E-state index in [9.17, 15) is 28.8 Å². The number of amides is 4. The van der Waals surface area contributed by atoms with E-state index in [1.807, 2.05) is 20.8 Å². The van der Waals surface area contributed by atoms with Crippen molar-refractivity contribution in [3.63, 3.8) is 0 Å². The molecule has 0 spiro atoms. The van der Waals surface area contributed by atoms with Crippen LogP contribution >= 0.6 is 0 Å². The van der Waals surface area contributed by atoms with Crippen LogP contribution in [0.2, 0.25) is 0 Å². The highest BCUT2D eigenvalue weighted by Gasteiger charge is 2.65. The number of fused-ring (bicyclic) bond motifs is 5. The van der Waals surface area contributed by atoms with E-state index in [-0.39, 0.29) is 54.3 Å². The van der Waals surface area contributed by atoms with E-state index in [2.05, 4.69) is 41.1 Å². The molecular formula is C29H40FN5O4. The van der Waals surface area contributed by atoms with Crippen molar-refractivity contribution in [2.45, 2.75) is 90.0 Å². The van der Waals surface area contributed by atoms with Crippen LogP contribution in [-0.4, -0.2) is 65.4 Å². The molecule has 4 fully saturated rings. The Balaban J connectivity index is 1.41. The third kappa shape index (κ3) is 4.62. The number of carbonyl (C=O) groups excluding carboxylic acids is 4. The zero-order valence-electron chi connectivity index (χ0n) is 23.3. The standard InChI is InChI=1S/C29H40FN5O4/c1-27(2,3)22(34-26(39)29(30)9-5-10-29)25(38)35-15-28(4)18-7-6-16(12-18)20(28)21(35)24(37)33-19(14-31)13-17-8-11-32-23(17)36/h6-7,16-22H,5,8-13,15H2,1-4H3,(H,32,36)(H,33,37)(H,34,39). The van der Waals surface area contributed by atoms with Gasteiger partial charge < -0.3 is 20.9 Å². The number of carbonyl (C=O) groups is 4. The van der Waals surface area contributed by atoms with E-state index in [1.54, 1.807) is 4.90 Å². The number of nitriles is 1. The second kappa shape index (κ2) is 9.60. The van der Waals surface area contributed by atoms with Gasteiger partial charge in [-0.15, -0.1) is 0 Å². The van der Waals surface area contributed by atoms with Crippen LogP contribution in [0.4, 0.5) is 4.39 Å². The van der Waals surface area contributed by atoms with Gasteiger partial charge in [-0.25, -0.2) is 4.39 Å². The Labute approximate surface area is 229 Å². The van der Waals surface area contributed by atoms with Crippen molar-refractivity contribution in [3.8, 4) is 6.07 Å². The van der Waals surface area contributed by atoms with Crippen molar-refractivity contribution >= 4 is 23.6 Å². The predicted molar refractivity (Wildman–Crippen MR) is 140 cm³/mol. The summed E-state index contributed by atoms with van der Waals surface area (Å²) in [4.78, 5) is 54.7. The lowest BCUT2D eigenvalue weighted by molar-refractivity contribution is -0.149. The van der Waals surface area contributed by atoms with Gasteiger partial charge in [0.25, 0.3) is 5.91 Å². The molecule has 2 heterocycles. The molecule has 2 saturated carbocycles. The first-order valence-electron chi connectivity index (χ1n) is 14.2. The Kier molecular flexibility index (Phi) is 6.79. The largest absolute Gasteiger partial charge is 0.356 e. The summed E-state index contributed by atoms with van der Waals surface area (Å²) in [6, 6.07) is -0.593. The Morgan fingerprint density at radius 3 is 2.54 bits per heavy atom. The second-order valence-electron chi connectivity index (χ2n) is 13.6. The van der Waals surface area contributed by atoms with Gasteiger partial charge in [0.2, 0.25) is 17.7 Å². The SMILES string of the molecule is CC(C)(C)C(NC(=O)C1(F)CCC1)C(=O)N1CC2(C)C3C=CC(C3)C2C1C(=O)NC(C#N)CC1CCNC1=O. The highest BCUT2D eigenvalue weighted by molar-refractivity contribution is 5.95. The smallest absolute Gasteiger partial charge is 0.258 e. The third-order valence-corrected chi connectivity index (χ3v) is 10.0. The number of allylic oxidation sites excluding steroid dienone is 2. The summed E-state index contributed by atoms with van der Waals surface area (Å²) in [5.41, 5.74) is -3.01. The average molecular weight is 542 g/mol. The van der Waals surface area contributed by atoms with E-state index < -0.39 is 46.9 Å². The molecule has 8 atom stereocenters. The second-order valence-corrected chi connectivity index (χ2v) is 13.6. The summed E-state index contributed by atoms with van der Waals surface area (Å²) in [5, 5.41) is 18.1. The molecule has 0 aromatic heterocycles. The van der Waals surface area contributed by atoms with Crippen LogP contribution in [-0.2, 0) is 19.2 Å². The number of hydrogen-bond acceptors (Lipinski definition) is 5. The first-order valence-corrected chi connectivity index (χ1v) is 14.2. The molecule has 8 unspecified atom stereocenters. The van der Waals surface area contributed by atoms with Crippen molar-refractivity contribution in [2.75, 3.05) is 13.1 Å². The molecule has 10 heteroatoms. The van der Waals surface area contributed by atoms with E-state index in [1.165, 1.54) is 0 Å². The highest BCUT2D eigenvalue weighted by Crippen LogP contribution is 2.61. The maximum atomic E-state index is 15.0.